The van der Waals surface area contributed by atoms with Gasteiger partial charge in [0.05, 0.1) is 5.69 Å². The zero-order chi connectivity index (χ0) is 21.6. The second kappa shape index (κ2) is 9.99. The topological polar surface area (TPSA) is 19.0 Å². The normalized spacial score (nSPS) is 16.8. The first-order chi connectivity index (χ1) is 15.9. The Morgan fingerprint density at radius 1 is 0.562 bits per heavy atom. The Labute approximate surface area is 192 Å². The maximum Gasteiger partial charge on any atom is 0.143 e. The van der Waals surface area contributed by atoms with Crippen LogP contribution in [0.25, 0.3) is 0 Å². The van der Waals surface area contributed by atoms with Gasteiger partial charge in [0.2, 0.25) is 0 Å². The molecule has 0 unspecified atom stereocenters. The summed E-state index contributed by atoms with van der Waals surface area (Å²) in [6.45, 7) is 7.08. The quantitative estimate of drug-likeness (QED) is 0.511. The first-order valence-electron chi connectivity index (χ1n) is 12.0. The average molecular weight is 428 g/mol. The summed E-state index contributed by atoms with van der Waals surface area (Å²) in [5.41, 5.74) is 5.09. The maximum absolute atomic E-state index is 6.37. The number of anilines is 3. The summed E-state index contributed by atoms with van der Waals surface area (Å²) in [6, 6.07) is 28.0. The number of hydrogen-bond donors (Lipinski definition) is 0. The van der Waals surface area contributed by atoms with Gasteiger partial charge in [-0.2, -0.15) is 0 Å². The Bertz CT molecular complexity index is 986. The molecule has 0 saturated carbocycles. The highest BCUT2D eigenvalue weighted by Gasteiger charge is 2.21. The van der Waals surface area contributed by atoms with Crippen molar-refractivity contribution in [2.45, 2.75) is 25.9 Å². The van der Waals surface area contributed by atoms with Crippen molar-refractivity contribution >= 4 is 17.1 Å². The van der Waals surface area contributed by atoms with Crippen molar-refractivity contribution in [3.05, 3.63) is 84.4 Å². The lowest BCUT2D eigenvalue weighted by Gasteiger charge is -2.28. The molecule has 166 valence electrons. The van der Waals surface area contributed by atoms with E-state index in [1.807, 2.05) is 0 Å². The third kappa shape index (κ3) is 4.85. The Balaban J connectivity index is 1.37. The van der Waals surface area contributed by atoms with Crippen LogP contribution in [0, 0.1) is 0 Å². The Morgan fingerprint density at radius 3 is 1.97 bits per heavy atom. The lowest BCUT2D eigenvalue weighted by molar-refractivity contribution is 0.306. The van der Waals surface area contributed by atoms with E-state index in [1.54, 1.807) is 0 Å². The minimum Gasteiger partial charge on any atom is -0.487 e. The molecule has 0 aliphatic carbocycles. The molecule has 2 aliphatic rings. The maximum atomic E-state index is 6.37. The monoisotopic (exact) mass is 427 g/mol. The molecule has 0 N–H and O–H groups in total. The summed E-state index contributed by atoms with van der Waals surface area (Å²) in [6.07, 6.45) is 3.72. The third-order valence-electron chi connectivity index (χ3n) is 6.61. The van der Waals surface area contributed by atoms with E-state index in [0.717, 1.165) is 51.4 Å². The summed E-state index contributed by atoms with van der Waals surface area (Å²) >= 11 is 0. The van der Waals surface area contributed by atoms with Crippen LogP contribution in [-0.2, 0) is 6.61 Å². The Morgan fingerprint density at radius 2 is 1.19 bits per heavy atom. The predicted octanol–water partition coefficient (Wildman–Crippen LogP) is 5.58. The molecule has 4 heteroatoms. The van der Waals surface area contributed by atoms with Gasteiger partial charge in [0.25, 0.3) is 0 Å². The molecule has 3 aromatic carbocycles. The van der Waals surface area contributed by atoms with Gasteiger partial charge in [-0.3, -0.25) is 0 Å². The van der Waals surface area contributed by atoms with Gasteiger partial charge in [-0.1, -0.05) is 48.5 Å². The highest BCUT2D eigenvalue weighted by Crippen LogP contribution is 2.35. The lowest BCUT2D eigenvalue weighted by Crippen LogP contribution is -2.31. The summed E-state index contributed by atoms with van der Waals surface area (Å²) in [7, 11) is 0. The number of ether oxygens (including phenoxy) is 1. The van der Waals surface area contributed by atoms with E-state index in [0.29, 0.717) is 6.61 Å². The highest BCUT2D eigenvalue weighted by molar-refractivity contribution is 5.67. The number of benzene rings is 3. The second-order valence-electron chi connectivity index (χ2n) is 8.78. The number of para-hydroxylation sites is 1. The van der Waals surface area contributed by atoms with Crippen LogP contribution < -0.4 is 19.4 Å². The lowest BCUT2D eigenvalue weighted by atomic mass is 10.2. The molecule has 32 heavy (non-hydrogen) atoms. The van der Waals surface area contributed by atoms with Crippen LogP contribution in [0.15, 0.2) is 78.9 Å². The predicted molar refractivity (Wildman–Crippen MR) is 134 cm³/mol. The molecule has 0 radical (unpaired) electrons. The molecule has 0 amide bonds. The molecule has 0 aromatic heterocycles. The van der Waals surface area contributed by atoms with Crippen LogP contribution in [-0.4, -0.2) is 39.3 Å². The van der Waals surface area contributed by atoms with Crippen molar-refractivity contribution in [3.63, 3.8) is 0 Å². The number of hydrogen-bond acceptors (Lipinski definition) is 4. The van der Waals surface area contributed by atoms with E-state index >= 15 is 0 Å². The molecule has 0 spiro atoms. The highest BCUT2D eigenvalue weighted by atomic mass is 16.5. The standard InChI is InChI=1S/C28H33N3O/c1-3-10-24(11-4-1)23-32-28-15-14-26(29-16-7-8-17-29)22-27(28)31-19-9-18-30(20-21-31)25-12-5-2-6-13-25/h1-6,10-15,22H,7-9,16-21,23H2. The molecule has 2 heterocycles. The van der Waals surface area contributed by atoms with Crippen molar-refractivity contribution in [2.24, 2.45) is 0 Å². The average Bonchev–Trinajstić information content (AvgIpc) is 3.29. The molecule has 2 fully saturated rings. The largest absolute Gasteiger partial charge is 0.487 e. The summed E-state index contributed by atoms with van der Waals surface area (Å²) < 4.78 is 6.37. The molecule has 0 atom stereocenters. The van der Waals surface area contributed by atoms with Crippen LogP contribution in [0.2, 0.25) is 0 Å². The van der Waals surface area contributed by atoms with E-state index in [-0.39, 0.29) is 0 Å². The molecule has 5 rings (SSSR count). The Hall–Kier alpha value is -3.14. The number of nitrogens with zero attached hydrogens (tertiary/aromatic N) is 3. The van der Waals surface area contributed by atoms with Crippen LogP contribution in [0.1, 0.15) is 24.8 Å². The second-order valence-corrected chi connectivity index (χ2v) is 8.78. The van der Waals surface area contributed by atoms with Gasteiger partial charge in [-0.15, -0.1) is 0 Å². The fourth-order valence-corrected chi connectivity index (χ4v) is 4.84. The smallest absolute Gasteiger partial charge is 0.143 e. The fourth-order valence-electron chi connectivity index (χ4n) is 4.84. The van der Waals surface area contributed by atoms with Crippen molar-refractivity contribution in [1.82, 2.24) is 0 Å². The van der Waals surface area contributed by atoms with Gasteiger partial charge in [0.1, 0.15) is 12.4 Å². The van der Waals surface area contributed by atoms with Gasteiger partial charge < -0.3 is 19.4 Å². The van der Waals surface area contributed by atoms with Crippen LogP contribution in [0.5, 0.6) is 5.75 Å². The summed E-state index contributed by atoms with van der Waals surface area (Å²) in [5, 5.41) is 0. The fraction of sp³-hybridized carbons (Fsp3) is 0.357. The van der Waals surface area contributed by atoms with Crippen molar-refractivity contribution < 1.29 is 4.74 Å². The SMILES string of the molecule is c1ccc(COc2ccc(N3CCCC3)cc2N2CCCN(c3ccccc3)CC2)cc1. The Kier molecular flexibility index (Phi) is 6.48. The molecular formula is C28H33N3O. The van der Waals surface area contributed by atoms with Crippen LogP contribution >= 0.6 is 0 Å². The minimum atomic E-state index is 0.598. The third-order valence-corrected chi connectivity index (χ3v) is 6.61. The molecule has 2 aliphatic heterocycles. The summed E-state index contributed by atoms with van der Waals surface area (Å²) in [4.78, 5) is 7.55. The van der Waals surface area contributed by atoms with E-state index in [2.05, 4.69) is 93.6 Å². The molecule has 2 saturated heterocycles. The van der Waals surface area contributed by atoms with Gasteiger partial charge in [0, 0.05) is 50.6 Å². The van der Waals surface area contributed by atoms with E-state index < -0.39 is 0 Å². The molecule has 4 nitrogen and oxygen atoms in total. The molecule has 3 aromatic rings. The van der Waals surface area contributed by atoms with Gasteiger partial charge in [0.15, 0.2) is 0 Å². The zero-order valence-corrected chi connectivity index (χ0v) is 18.8. The van der Waals surface area contributed by atoms with E-state index in [4.69, 9.17) is 4.74 Å². The van der Waals surface area contributed by atoms with Gasteiger partial charge >= 0.3 is 0 Å². The summed E-state index contributed by atoms with van der Waals surface area (Å²) in [5.74, 6) is 0.991. The first-order valence-corrected chi connectivity index (χ1v) is 12.0. The molecule has 0 bridgehead atoms. The van der Waals surface area contributed by atoms with Gasteiger partial charge in [-0.25, -0.2) is 0 Å². The van der Waals surface area contributed by atoms with E-state index in [1.165, 1.54) is 35.5 Å². The zero-order valence-electron chi connectivity index (χ0n) is 18.8. The van der Waals surface area contributed by atoms with Crippen molar-refractivity contribution in [2.75, 3.05) is 54.0 Å². The minimum absolute atomic E-state index is 0.598. The van der Waals surface area contributed by atoms with Crippen molar-refractivity contribution in [1.29, 1.82) is 0 Å². The van der Waals surface area contributed by atoms with Crippen LogP contribution in [0.3, 0.4) is 0 Å². The number of rotatable bonds is 6. The van der Waals surface area contributed by atoms with Crippen LogP contribution in [0.4, 0.5) is 17.1 Å². The van der Waals surface area contributed by atoms with E-state index in [9.17, 15) is 0 Å². The van der Waals surface area contributed by atoms with Crippen molar-refractivity contribution in [3.8, 4) is 5.75 Å². The molecular weight excluding hydrogens is 394 g/mol. The van der Waals surface area contributed by atoms with Gasteiger partial charge in [-0.05, 0) is 55.2 Å². The first kappa shape index (κ1) is 20.7.